The average Bonchev–Trinajstić information content (AvgIpc) is 2.59. The van der Waals surface area contributed by atoms with E-state index in [9.17, 15) is 22.8 Å². The monoisotopic (exact) mass is 385 g/mol. The smallest absolute Gasteiger partial charge is 0.366 e. The molecule has 0 radical (unpaired) electrons. The van der Waals surface area contributed by atoms with Crippen LogP contribution in [0.15, 0.2) is 36.5 Å². The lowest BCUT2D eigenvalue weighted by Crippen LogP contribution is -2.29. The lowest BCUT2D eigenvalue weighted by Gasteiger charge is -2.19. The third-order valence-electron chi connectivity index (χ3n) is 3.81. The second-order valence-electron chi connectivity index (χ2n) is 5.47. The van der Waals surface area contributed by atoms with Crippen molar-refractivity contribution in [3.8, 4) is 0 Å². The number of halogens is 4. The summed E-state index contributed by atoms with van der Waals surface area (Å²) in [5.74, 6) is -2.07. The minimum absolute atomic E-state index is 0.0963. The lowest BCUT2D eigenvalue weighted by atomic mass is 9.89. The predicted octanol–water partition coefficient (Wildman–Crippen LogP) is 2.92. The SMILES string of the molecule is CNC(=O)C(Cc1ncc(C(F)(F)F)cc1Cl)c1ccccc1C(N)=O. The largest absolute Gasteiger partial charge is 0.417 e. The van der Waals surface area contributed by atoms with Crippen LogP contribution in [-0.4, -0.2) is 23.8 Å². The van der Waals surface area contributed by atoms with Gasteiger partial charge < -0.3 is 11.1 Å². The zero-order valence-electron chi connectivity index (χ0n) is 13.6. The number of primary amides is 1. The maximum absolute atomic E-state index is 12.7. The van der Waals surface area contributed by atoms with Crippen LogP contribution in [0.4, 0.5) is 13.2 Å². The van der Waals surface area contributed by atoms with Crippen molar-refractivity contribution >= 4 is 23.4 Å². The van der Waals surface area contributed by atoms with Gasteiger partial charge in [-0.3, -0.25) is 14.6 Å². The van der Waals surface area contributed by atoms with E-state index in [0.717, 1.165) is 6.07 Å². The molecule has 0 aliphatic carbocycles. The van der Waals surface area contributed by atoms with Crippen LogP contribution in [0.5, 0.6) is 0 Å². The van der Waals surface area contributed by atoms with E-state index >= 15 is 0 Å². The van der Waals surface area contributed by atoms with Gasteiger partial charge >= 0.3 is 6.18 Å². The number of nitrogens with one attached hydrogen (secondary N) is 1. The number of hydrogen-bond donors (Lipinski definition) is 2. The fourth-order valence-electron chi connectivity index (χ4n) is 2.51. The second kappa shape index (κ2) is 7.74. The van der Waals surface area contributed by atoms with Crippen molar-refractivity contribution in [1.29, 1.82) is 0 Å². The molecule has 138 valence electrons. The van der Waals surface area contributed by atoms with Crippen LogP contribution in [0.2, 0.25) is 5.02 Å². The van der Waals surface area contributed by atoms with Crippen LogP contribution in [0, 0.1) is 0 Å². The summed E-state index contributed by atoms with van der Waals surface area (Å²) in [6.07, 6.45) is -4.02. The Labute approximate surface area is 152 Å². The molecule has 1 atom stereocenters. The Bertz CT molecular complexity index is 840. The van der Waals surface area contributed by atoms with Crippen LogP contribution in [0.25, 0.3) is 0 Å². The zero-order chi connectivity index (χ0) is 19.5. The summed E-state index contributed by atoms with van der Waals surface area (Å²) in [4.78, 5) is 27.7. The molecule has 5 nitrogen and oxygen atoms in total. The first kappa shape index (κ1) is 19.7. The molecule has 0 saturated carbocycles. The van der Waals surface area contributed by atoms with Crippen LogP contribution in [0.3, 0.4) is 0 Å². The van der Waals surface area contributed by atoms with E-state index < -0.39 is 29.5 Å². The molecule has 1 aromatic heterocycles. The molecule has 2 aromatic rings. The van der Waals surface area contributed by atoms with E-state index in [0.29, 0.717) is 11.8 Å². The number of carbonyl (C=O) groups is 2. The summed E-state index contributed by atoms with van der Waals surface area (Å²) in [5.41, 5.74) is 4.95. The molecule has 1 heterocycles. The van der Waals surface area contributed by atoms with E-state index in [1.54, 1.807) is 18.2 Å². The zero-order valence-corrected chi connectivity index (χ0v) is 14.4. The number of hydrogen-bond acceptors (Lipinski definition) is 3. The Morgan fingerprint density at radius 3 is 2.50 bits per heavy atom. The first-order valence-electron chi connectivity index (χ1n) is 7.47. The van der Waals surface area contributed by atoms with Crippen molar-refractivity contribution in [2.75, 3.05) is 7.05 Å². The summed E-state index contributed by atoms with van der Waals surface area (Å²) < 4.78 is 38.2. The molecular weight excluding hydrogens is 371 g/mol. The van der Waals surface area contributed by atoms with Gasteiger partial charge in [0.05, 0.1) is 22.2 Å². The van der Waals surface area contributed by atoms with Crippen molar-refractivity contribution in [2.45, 2.75) is 18.5 Å². The Kier molecular flexibility index (Phi) is 5.86. The highest BCUT2D eigenvalue weighted by molar-refractivity contribution is 6.31. The normalized spacial score (nSPS) is 12.5. The molecule has 1 aromatic carbocycles. The molecule has 0 aliphatic rings. The van der Waals surface area contributed by atoms with Crippen molar-refractivity contribution in [1.82, 2.24) is 10.3 Å². The number of alkyl halides is 3. The Hall–Kier alpha value is -2.61. The number of rotatable bonds is 5. The van der Waals surface area contributed by atoms with E-state index in [2.05, 4.69) is 10.3 Å². The molecule has 9 heteroatoms. The number of nitrogens with zero attached hydrogens (tertiary/aromatic N) is 1. The van der Waals surface area contributed by atoms with Crippen molar-refractivity contribution < 1.29 is 22.8 Å². The Morgan fingerprint density at radius 1 is 1.31 bits per heavy atom. The van der Waals surface area contributed by atoms with Gasteiger partial charge in [0.2, 0.25) is 11.8 Å². The van der Waals surface area contributed by atoms with Crippen molar-refractivity contribution in [3.63, 3.8) is 0 Å². The van der Waals surface area contributed by atoms with Gasteiger partial charge in [-0.05, 0) is 17.7 Å². The van der Waals surface area contributed by atoms with E-state index in [-0.39, 0.29) is 22.7 Å². The number of amides is 2. The summed E-state index contributed by atoms with van der Waals surface area (Å²) in [7, 11) is 1.41. The van der Waals surface area contributed by atoms with Crippen LogP contribution in [0.1, 0.15) is 33.1 Å². The Balaban J connectivity index is 2.45. The van der Waals surface area contributed by atoms with Gasteiger partial charge in [0.15, 0.2) is 0 Å². The first-order chi connectivity index (χ1) is 12.1. The fourth-order valence-corrected chi connectivity index (χ4v) is 2.75. The number of benzene rings is 1. The molecule has 26 heavy (non-hydrogen) atoms. The topological polar surface area (TPSA) is 85.1 Å². The molecule has 0 bridgehead atoms. The minimum Gasteiger partial charge on any atom is -0.366 e. The molecule has 1 unspecified atom stereocenters. The summed E-state index contributed by atoms with van der Waals surface area (Å²) in [6.45, 7) is 0. The summed E-state index contributed by atoms with van der Waals surface area (Å²) in [6, 6.07) is 6.99. The first-order valence-corrected chi connectivity index (χ1v) is 7.85. The van der Waals surface area contributed by atoms with Gasteiger partial charge in [-0.15, -0.1) is 0 Å². The highest BCUT2D eigenvalue weighted by Gasteiger charge is 2.32. The van der Waals surface area contributed by atoms with Gasteiger partial charge in [0.25, 0.3) is 0 Å². The number of aromatic nitrogens is 1. The lowest BCUT2D eigenvalue weighted by molar-refractivity contribution is -0.137. The average molecular weight is 386 g/mol. The second-order valence-corrected chi connectivity index (χ2v) is 5.88. The Morgan fingerprint density at radius 2 is 1.96 bits per heavy atom. The summed E-state index contributed by atoms with van der Waals surface area (Å²) >= 11 is 5.93. The van der Waals surface area contributed by atoms with Gasteiger partial charge in [-0.1, -0.05) is 29.8 Å². The summed E-state index contributed by atoms with van der Waals surface area (Å²) in [5, 5.41) is 2.25. The fraction of sp³-hybridized carbons (Fsp3) is 0.235. The maximum atomic E-state index is 12.7. The van der Waals surface area contributed by atoms with Gasteiger partial charge in [-0.25, -0.2) is 0 Å². The molecule has 3 N–H and O–H groups in total. The third-order valence-corrected chi connectivity index (χ3v) is 4.13. The number of nitrogens with two attached hydrogens (primary N) is 1. The quantitative estimate of drug-likeness (QED) is 0.829. The third kappa shape index (κ3) is 4.32. The number of carbonyl (C=O) groups excluding carboxylic acids is 2. The van der Waals surface area contributed by atoms with Crippen LogP contribution < -0.4 is 11.1 Å². The molecule has 0 saturated heterocycles. The molecule has 0 fully saturated rings. The van der Waals surface area contributed by atoms with Crippen molar-refractivity contribution in [2.24, 2.45) is 5.73 Å². The minimum atomic E-state index is -4.58. The maximum Gasteiger partial charge on any atom is 0.417 e. The molecule has 0 aliphatic heterocycles. The molecular formula is C17H15ClF3N3O2. The van der Waals surface area contributed by atoms with Crippen LogP contribution in [-0.2, 0) is 17.4 Å². The van der Waals surface area contributed by atoms with E-state index in [4.69, 9.17) is 17.3 Å². The molecule has 2 amide bonds. The van der Waals surface area contributed by atoms with Gasteiger partial charge in [0.1, 0.15) is 0 Å². The highest BCUT2D eigenvalue weighted by Crippen LogP contribution is 2.33. The van der Waals surface area contributed by atoms with Crippen molar-refractivity contribution in [3.05, 3.63) is 63.9 Å². The number of pyridine rings is 1. The molecule has 0 spiro atoms. The highest BCUT2D eigenvalue weighted by atomic mass is 35.5. The number of likely N-dealkylation sites (N-methyl/N-ethyl adjacent to an activating group) is 1. The standard InChI is InChI=1S/C17H15ClF3N3O2/c1-23-16(26)12(10-4-2-3-5-11(10)15(22)25)7-14-13(18)6-9(8-24-14)17(19,20)21/h2-6,8,12H,7H2,1H3,(H2,22,25)(H,23,26). The van der Waals surface area contributed by atoms with Gasteiger partial charge in [0, 0.05) is 25.2 Å². The van der Waals surface area contributed by atoms with Gasteiger partial charge in [-0.2, -0.15) is 13.2 Å². The van der Waals surface area contributed by atoms with E-state index in [1.165, 1.54) is 13.1 Å². The molecule has 2 rings (SSSR count). The predicted molar refractivity (Wildman–Crippen MR) is 89.7 cm³/mol. The van der Waals surface area contributed by atoms with Crippen LogP contribution >= 0.6 is 11.6 Å². The van der Waals surface area contributed by atoms with E-state index in [1.807, 2.05) is 0 Å².